The molecule has 1 unspecified atom stereocenters. The van der Waals surface area contributed by atoms with Crippen LogP contribution >= 0.6 is 39.9 Å². The average molecular weight is 505 g/mol. The summed E-state index contributed by atoms with van der Waals surface area (Å²) in [6.45, 7) is 2.63. The number of nitrogens with zero attached hydrogens (tertiary/aromatic N) is 2. The maximum Gasteiger partial charge on any atom is 0.191 e. The van der Waals surface area contributed by atoms with E-state index in [-0.39, 0.29) is 24.0 Å². The van der Waals surface area contributed by atoms with Gasteiger partial charge in [-0.1, -0.05) is 12.1 Å². The number of halogens is 2. The molecule has 0 aliphatic carbocycles. The molecule has 0 bridgehead atoms. The van der Waals surface area contributed by atoms with E-state index in [1.807, 2.05) is 18.2 Å². The van der Waals surface area contributed by atoms with E-state index >= 15 is 0 Å². The highest BCUT2D eigenvalue weighted by molar-refractivity contribution is 14.0. The molecule has 2 aromatic rings. The van der Waals surface area contributed by atoms with Crippen LogP contribution in [0.15, 0.2) is 56.5 Å². The number of guanidine groups is 1. The lowest BCUT2D eigenvalue weighted by Crippen LogP contribution is -2.44. The lowest BCUT2D eigenvalue weighted by molar-refractivity contribution is 0.500. The number of aliphatic imine (C=N–C) groups is 1. The van der Waals surface area contributed by atoms with Crippen molar-refractivity contribution < 1.29 is 4.42 Å². The second kappa shape index (κ2) is 9.31. The summed E-state index contributed by atoms with van der Waals surface area (Å²) in [6, 6.07) is 12.6. The second-order valence-corrected chi connectivity index (χ2v) is 6.39. The maximum absolute atomic E-state index is 5.33. The topological polar surface area (TPSA) is 52.8 Å². The van der Waals surface area contributed by atoms with Gasteiger partial charge in [0.1, 0.15) is 5.76 Å². The van der Waals surface area contributed by atoms with Gasteiger partial charge in [-0.15, -0.1) is 24.0 Å². The molecule has 24 heavy (non-hydrogen) atoms. The van der Waals surface area contributed by atoms with Gasteiger partial charge >= 0.3 is 0 Å². The Kier molecular flexibility index (Phi) is 7.41. The Labute approximate surface area is 168 Å². The molecule has 5 nitrogen and oxygen atoms in total. The van der Waals surface area contributed by atoms with E-state index in [0.717, 1.165) is 35.7 Å². The molecule has 1 atom stereocenters. The molecule has 2 N–H and O–H groups in total. The van der Waals surface area contributed by atoms with Gasteiger partial charge in [0.25, 0.3) is 0 Å². The van der Waals surface area contributed by atoms with E-state index in [2.05, 4.69) is 54.7 Å². The van der Waals surface area contributed by atoms with Crippen molar-refractivity contribution in [2.24, 2.45) is 4.99 Å². The summed E-state index contributed by atoms with van der Waals surface area (Å²) in [5.41, 5.74) is 1.25. The number of para-hydroxylation sites is 1. The van der Waals surface area contributed by atoms with Crippen molar-refractivity contribution in [2.45, 2.75) is 19.0 Å². The normalized spacial score (nSPS) is 17.5. The summed E-state index contributed by atoms with van der Waals surface area (Å²) in [4.78, 5) is 6.68. The highest BCUT2D eigenvalue weighted by Gasteiger charge is 2.24. The predicted octanol–water partition coefficient (Wildman–Crippen LogP) is 3.60. The van der Waals surface area contributed by atoms with Gasteiger partial charge in [0.2, 0.25) is 0 Å². The number of furan rings is 1. The van der Waals surface area contributed by atoms with Gasteiger partial charge in [-0.2, -0.15) is 0 Å². The predicted molar refractivity (Wildman–Crippen MR) is 112 cm³/mol. The molecular formula is C17H22BrIN4O. The molecule has 2 heterocycles. The van der Waals surface area contributed by atoms with Gasteiger partial charge in [0, 0.05) is 30.7 Å². The van der Waals surface area contributed by atoms with Crippen LogP contribution in [0.4, 0.5) is 5.69 Å². The monoisotopic (exact) mass is 504 g/mol. The largest absolute Gasteiger partial charge is 0.467 e. The minimum absolute atomic E-state index is 0. The lowest BCUT2D eigenvalue weighted by atomic mass is 10.3. The fraction of sp³-hybridized carbons (Fsp3) is 0.353. The number of anilines is 1. The van der Waals surface area contributed by atoms with Crippen molar-refractivity contribution in [3.05, 3.63) is 52.9 Å². The highest BCUT2D eigenvalue weighted by atomic mass is 127. The number of hydrogen-bond acceptors (Lipinski definition) is 3. The molecule has 1 aliphatic rings. The van der Waals surface area contributed by atoms with Crippen LogP contribution in [0.1, 0.15) is 12.2 Å². The SMILES string of the molecule is CN=C(NCc1ccco1)NC1CCN(c2ccccc2Br)C1.I. The smallest absolute Gasteiger partial charge is 0.191 e. The molecule has 1 aliphatic heterocycles. The Morgan fingerprint density at radius 2 is 2.17 bits per heavy atom. The maximum atomic E-state index is 5.33. The summed E-state index contributed by atoms with van der Waals surface area (Å²) in [5.74, 6) is 1.70. The first-order valence-corrected chi connectivity index (χ1v) is 8.54. The average Bonchev–Trinajstić information content (AvgIpc) is 3.23. The van der Waals surface area contributed by atoms with E-state index in [0.29, 0.717) is 12.6 Å². The molecule has 0 amide bonds. The van der Waals surface area contributed by atoms with Crippen LogP contribution in [0.25, 0.3) is 0 Å². The molecule has 0 spiro atoms. The fourth-order valence-electron chi connectivity index (χ4n) is 2.78. The first kappa shape index (κ1) is 19.1. The molecule has 1 saturated heterocycles. The van der Waals surface area contributed by atoms with Crippen LogP contribution < -0.4 is 15.5 Å². The van der Waals surface area contributed by atoms with Gasteiger partial charge in [-0.3, -0.25) is 4.99 Å². The number of rotatable bonds is 4. The summed E-state index contributed by atoms with van der Waals surface area (Å²) < 4.78 is 6.47. The van der Waals surface area contributed by atoms with Crippen molar-refractivity contribution in [1.29, 1.82) is 0 Å². The zero-order valence-electron chi connectivity index (χ0n) is 13.5. The minimum atomic E-state index is 0. The fourth-order valence-corrected chi connectivity index (χ4v) is 3.31. The Hall–Kier alpha value is -1.22. The van der Waals surface area contributed by atoms with Crippen LogP contribution in [-0.2, 0) is 6.54 Å². The minimum Gasteiger partial charge on any atom is -0.467 e. The molecule has 0 saturated carbocycles. The zero-order valence-corrected chi connectivity index (χ0v) is 17.5. The van der Waals surface area contributed by atoms with Crippen molar-refractivity contribution in [3.8, 4) is 0 Å². The van der Waals surface area contributed by atoms with Crippen LogP contribution in [0, 0.1) is 0 Å². The molecule has 130 valence electrons. The Morgan fingerprint density at radius 1 is 1.33 bits per heavy atom. The molecule has 3 rings (SSSR count). The van der Waals surface area contributed by atoms with Crippen LogP contribution in [0.2, 0.25) is 0 Å². The molecule has 1 fully saturated rings. The Balaban J connectivity index is 0.00000208. The summed E-state index contributed by atoms with van der Waals surface area (Å²) >= 11 is 3.63. The molecule has 1 aromatic heterocycles. The Morgan fingerprint density at radius 3 is 2.88 bits per heavy atom. The van der Waals surface area contributed by atoms with E-state index < -0.39 is 0 Å². The molecule has 1 aromatic carbocycles. The molecule has 7 heteroatoms. The summed E-state index contributed by atoms with van der Waals surface area (Å²) in [6.07, 6.45) is 2.77. The first-order valence-electron chi connectivity index (χ1n) is 7.75. The van der Waals surface area contributed by atoms with Crippen molar-refractivity contribution >= 4 is 51.6 Å². The lowest BCUT2D eigenvalue weighted by Gasteiger charge is -2.21. The summed E-state index contributed by atoms with van der Waals surface area (Å²) in [7, 11) is 1.79. The Bertz CT molecular complexity index is 662. The van der Waals surface area contributed by atoms with E-state index in [1.165, 1.54) is 5.69 Å². The van der Waals surface area contributed by atoms with Gasteiger partial charge in [0.15, 0.2) is 5.96 Å². The standard InChI is InChI=1S/C17H21BrN4O.HI/c1-19-17(20-11-14-5-4-10-23-14)21-13-8-9-22(12-13)16-7-3-2-6-15(16)18;/h2-7,10,13H,8-9,11-12H2,1H3,(H2,19,20,21);1H. The third kappa shape index (κ3) is 4.89. The van der Waals surface area contributed by atoms with E-state index in [4.69, 9.17) is 4.42 Å². The van der Waals surface area contributed by atoms with Gasteiger partial charge in [0.05, 0.1) is 18.5 Å². The quantitative estimate of drug-likeness (QED) is 0.379. The number of hydrogen-bond donors (Lipinski definition) is 2. The molecule has 0 radical (unpaired) electrons. The van der Waals surface area contributed by atoms with E-state index in [1.54, 1.807) is 13.3 Å². The number of benzene rings is 1. The van der Waals surface area contributed by atoms with Crippen molar-refractivity contribution in [3.63, 3.8) is 0 Å². The van der Waals surface area contributed by atoms with Crippen molar-refractivity contribution in [2.75, 3.05) is 25.0 Å². The second-order valence-electron chi connectivity index (χ2n) is 5.53. The van der Waals surface area contributed by atoms with Crippen LogP contribution in [0.3, 0.4) is 0 Å². The van der Waals surface area contributed by atoms with Gasteiger partial charge in [-0.05, 0) is 46.6 Å². The van der Waals surface area contributed by atoms with Crippen LogP contribution in [-0.4, -0.2) is 32.1 Å². The summed E-state index contributed by atoms with van der Waals surface area (Å²) in [5, 5.41) is 6.77. The van der Waals surface area contributed by atoms with Crippen LogP contribution in [0.5, 0.6) is 0 Å². The third-order valence-corrected chi connectivity index (χ3v) is 4.63. The van der Waals surface area contributed by atoms with Crippen molar-refractivity contribution in [1.82, 2.24) is 10.6 Å². The zero-order chi connectivity index (χ0) is 16.1. The number of nitrogens with one attached hydrogen (secondary N) is 2. The third-order valence-electron chi connectivity index (χ3n) is 3.96. The first-order chi connectivity index (χ1) is 11.3. The molecular weight excluding hydrogens is 483 g/mol. The van der Waals surface area contributed by atoms with Gasteiger partial charge < -0.3 is 20.0 Å². The van der Waals surface area contributed by atoms with E-state index in [9.17, 15) is 0 Å². The highest BCUT2D eigenvalue weighted by Crippen LogP contribution is 2.28. The van der Waals surface area contributed by atoms with Gasteiger partial charge in [-0.25, -0.2) is 0 Å².